The molecule has 0 aromatic heterocycles. The zero-order chi connectivity index (χ0) is 13.9. The molecule has 0 bridgehead atoms. The molecule has 1 aliphatic rings. The fourth-order valence-electron chi connectivity index (χ4n) is 2.92. The Morgan fingerprint density at radius 3 is 2.53 bits per heavy atom. The van der Waals surface area contributed by atoms with Crippen LogP contribution in [0.1, 0.15) is 36.8 Å². The second-order valence-electron chi connectivity index (χ2n) is 5.32. The van der Waals surface area contributed by atoms with E-state index in [9.17, 15) is 4.79 Å². The second-order valence-corrected chi connectivity index (χ2v) is 5.32. The minimum absolute atomic E-state index is 0.177. The van der Waals surface area contributed by atoms with Crippen molar-refractivity contribution in [3.8, 4) is 5.75 Å². The Morgan fingerprint density at radius 2 is 1.95 bits per heavy atom. The molecule has 2 rings (SSSR count). The minimum atomic E-state index is -0.561. The summed E-state index contributed by atoms with van der Waals surface area (Å²) in [4.78, 5) is 12.6. The van der Waals surface area contributed by atoms with Crippen LogP contribution in [0.15, 0.2) is 18.2 Å². The van der Waals surface area contributed by atoms with E-state index >= 15 is 0 Å². The summed E-state index contributed by atoms with van der Waals surface area (Å²) in [6.07, 6.45) is 4.22. The molecule has 0 unspecified atom stereocenters. The van der Waals surface area contributed by atoms with E-state index in [-0.39, 0.29) is 5.78 Å². The van der Waals surface area contributed by atoms with Crippen LogP contribution in [0, 0.1) is 6.92 Å². The van der Waals surface area contributed by atoms with Crippen molar-refractivity contribution in [3.05, 3.63) is 29.3 Å². The van der Waals surface area contributed by atoms with Crippen LogP contribution in [-0.4, -0.2) is 25.6 Å². The fraction of sp³-hybridized carbons (Fsp3) is 0.562. The first-order valence-corrected chi connectivity index (χ1v) is 6.83. The van der Waals surface area contributed by atoms with Gasteiger partial charge >= 0.3 is 0 Å². The van der Waals surface area contributed by atoms with Crippen LogP contribution >= 0.6 is 0 Å². The Labute approximate surface area is 114 Å². The van der Waals surface area contributed by atoms with Crippen molar-refractivity contribution < 1.29 is 14.3 Å². The lowest BCUT2D eigenvalue weighted by Crippen LogP contribution is -2.38. The number of Topliss-reactive ketones (excluding diaryl/α,β-unsaturated/α-hetero) is 1. The van der Waals surface area contributed by atoms with Crippen LogP contribution in [0.5, 0.6) is 5.75 Å². The third-order valence-corrected chi connectivity index (χ3v) is 4.10. The number of hydrogen-bond donors (Lipinski definition) is 0. The monoisotopic (exact) mass is 262 g/mol. The highest BCUT2D eigenvalue weighted by Crippen LogP contribution is 2.35. The third kappa shape index (κ3) is 2.81. The van der Waals surface area contributed by atoms with Crippen molar-refractivity contribution in [1.82, 2.24) is 0 Å². The van der Waals surface area contributed by atoms with Crippen LogP contribution in [0.25, 0.3) is 0 Å². The molecular formula is C16H22O3. The molecule has 3 heteroatoms. The Kier molecular flexibility index (Phi) is 4.25. The largest absolute Gasteiger partial charge is 0.496 e. The van der Waals surface area contributed by atoms with E-state index in [4.69, 9.17) is 9.47 Å². The normalized spacial score (nSPS) is 17.4. The molecule has 1 aromatic carbocycles. The van der Waals surface area contributed by atoms with Gasteiger partial charge in [-0.1, -0.05) is 17.7 Å². The van der Waals surface area contributed by atoms with Crippen molar-refractivity contribution in [1.29, 1.82) is 0 Å². The van der Waals surface area contributed by atoms with Gasteiger partial charge in [-0.2, -0.15) is 0 Å². The predicted octanol–water partition coefficient (Wildman–Crippen LogP) is 3.07. The first-order chi connectivity index (χ1) is 9.11. The molecular weight excluding hydrogens is 240 g/mol. The van der Waals surface area contributed by atoms with Gasteiger partial charge in [0.25, 0.3) is 0 Å². The number of ketones is 1. The Bertz CT molecular complexity index is 459. The molecule has 0 amide bonds. The van der Waals surface area contributed by atoms with Crippen LogP contribution in [0.4, 0.5) is 0 Å². The van der Waals surface area contributed by atoms with Gasteiger partial charge in [-0.3, -0.25) is 4.79 Å². The Morgan fingerprint density at radius 1 is 1.26 bits per heavy atom. The number of carbonyl (C=O) groups excluding carboxylic acids is 1. The van der Waals surface area contributed by atoms with E-state index in [2.05, 4.69) is 0 Å². The van der Waals surface area contributed by atoms with Crippen LogP contribution in [0.2, 0.25) is 0 Å². The number of rotatable bonds is 5. The van der Waals surface area contributed by atoms with Gasteiger partial charge in [-0.15, -0.1) is 0 Å². The molecule has 1 fully saturated rings. The van der Waals surface area contributed by atoms with Gasteiger partial charge in [0, 0.05) is 19.1 Å². The maximum absolute atomic E-state index is 12.6. The third-order valence-electron chi connectivity index (χ3n) is 4.10. The van der Waals surface area contributed by atoms with Gasteiger partial charge in [0.05, 0.1) is 7.11 Å². The average molecular weight is 262 g/mol. The number of aryl methyl sites for hydroxylation is 1. The highest BCUT2D eigenvalue weighted by molar-refractivity contribution is 5.90. The average Bonchev–Trinajstić information content (AvgIpc) is 2.89. The first kappa shape index (κ1) is 14.1. The van der Waals surface area contributed by atoms with E-state index < -0.39 is 5.60 Å². The summed E-state index contributed by atoms with van der Waals surface area (Å²) in [6, 6.07) is 5.94. The van der Waals surface area contributed by atoms with Gasteiger partial charge in [0.2, 0.25) is 0 Å². The summed E-state index contributed by atoms with van der Waals surface area (Å²) in [6.45, 7) is 2.02. The number of benzene rings is 1. The lowest BCUT2D eigenvalue weighted by molar-refractivity contribution is -0.139. The predicted molar refractivity (Wildman–Crippen MR) is 74.7 cm³/mol. The highest BCUT2D eigenvalue weighted by Gasteiger charge is 2.40. The molecule has 0 spiro atoms. The van der Waals surface area contributed by atoms with E-state index in [1.807, 2.05) is 25.1 Å². The Balaban J connectivity index is 2.20. The van der Waals surface area contributed by atoms with Gasteiger partial charge in [-0.05, 0) is 38.7 Å². The number of ether oxygens (including phenoxy) is 2. The second kappa shape index (κ2) is 5.74. The minimum Gasteiger partial charge on any atom is -0.496 e. The molecule has 0 N–H and O–H groups in total. The summed E-state index contributed by atoms with van der Waals surface area (Å²) in [7, 11) is 3.29. The van der Waals surface area contributed by atoms with Crippen molar-refractivity contribution >= 4 is 5.78 Å². The molecule has 1 aromatic rings. The van der Waals surface area contributed by atoms with Gasteiger partial charge < -0.3 is 9.47 Å². The number of carbonyl (C=O) groups is 1. The van der Waals surface area contributed by atoms with Crippen molar-refractivity contribution in [2.24, 2.45) is 0 Å². The van der Waals surface area contributed by atoms with Crippen molar-refractivity contribution in [2.45, 2.75) is 44.6 Å². The van der Waals surface area contributed by atoms with Crippen molar-refractivity contribution in [2.75, 3.05) is 14.2 Å². The molecule has 0 saturated heterocycles. The van der Waals surface area contributed by atoms with E-state index in [1.165, 1.54) is 0 Å². The molecule has 0 atom stereocenters. The van der Waals surface area contributed by atoms with Crippen LogP contribution in [0.3, 0.4) is 0 Å². The molecule has 1 aliphatic carbocycles. The lowest BCUT2D eigenvalue weighted by atomic mass is 9.91. The Hall–Kier alpha value is -1.35. The number of methoxy groups -OCH3 is 2. The van der Waals surface area contributed by atoms with E-state index in [0.717, 1.165) is 42.6 Å². The fourth-order valence-corrected chi connectivity index (χ4v) is 2.92. The molecule has 1 saturated carbocycles. The summed E-state index contributed by atoms with van der Waals surface area (Å²) >= 11 is 0. The molecule has 0 aliphatic heterocycles. The van der Waals surface area contributed by atoms with E-state index in [1.54, 1.807) is 14.2 Å². The van der Waals surface area contributed by atoms with Gasteiger partial charge in [0.1, 0.15) is 11.4 Å². The zero-order valence-electron chi connectivity index (χ0n) is 12.0. The standard InChI is InChI=1S/C16H22O3/c1-12-6-7-14(18-2)13(10-12)11-15(17)16(19-3)8-4-5-9-16/h6-7,10H,4-5,8-9,11H2,1-3H3. The van der Waals surface area contributed by atoms with Crippen LogP contribution < -0.4 is 4.74 Å². The van der Waals surface area contributed by atoms with Crippen molar-refractivity contribution in [3.63, 3.8) is 0 Å². The molecule has 19 heavy (non-hydrogen) atoms. The van der Waals surface area contributed by atoms with Gasteiger partial charge in [0.15, 0.2) is 5.78 Å². The summed E-state index contributed by atoms with van der Waals surface area (Å²) < 4.78 is 10.9. The molecule has 0 heterocycles. The lowest BCUT2D eigenvalue weighted by Gasteiger charge is -2.26. The maximum Gasteiger partial charge on any atom is 0.169 e. The first-order valence-electron chi connectivity index (χ1n) is 6.83. The summed E-state index contributed by atoms with van der Waals surface area (Å²) in [5.74, 6) is 0.958. The topological polar surface area (TPSA) is 35.5 Å². The van der Waals surface area contributed by atoms with Gasteiger partial charge in [-0.25, -0.2) is 0 Å². The van der Waals surface area contributed by atoms with Crippen LogP contribution in [-0.2, 0) is 16.0 Å². The highest BCUT2D eigenvalue weighted by atomic mass is 16.5. The zero-order valence-corrected chi connectivity index (χ0v) is 12.0. The maximum atomic E-state index is 12.6. The molecule has 0 radical (unpaired) electrons. The quantitative estimate of drug-likeness (QED) is 0.818. The number of hydrogen-bond acceptors (Lipinski definition) is 3. The smallest absolute Gasteiger partial charge is 0.169 e. The summed E-state index contributed by atoms with van der Waals surface area (Å²) in [5, 5.41) is 0. The van der Waals surface area contributed by atoms with E-state index in [0.29, 0.717) is 6.42 Å². The molecule has 3 nitrogen and oxygen atoms in total. The summed E-state index contributed by atoms with van der Waals surface area (Å²) in [5.41, 5.74) is 1.53. The molecule has 104 valence electrons. The SMILES string of the molecule is COc1ccc(C)cc1CC(=O)C1(OC)CCCC1.